The van der Waals surface area contributed by atoms with Crippen LogP contribution in [0, 0.1) is 23.2 Å². The molecule has 4 saturated carbocycles. The molecule has 132 valence electrons. The largest absolute Gasteiger partial charge is 0.463 e. The van der Waals surface area contributed by atoms with E-state index in [0.717, 1.165) is 19.3 Å². The Morgan fingerprint density at radius 1 is 1.00 bits per heavy atom. The summed E-state index contributed by atoms with van der Waals surface area (Å²) in [6.45, 7) is -1.07. The summed E-state index contributed by atoms with van der Waals surface area (Å²) in [5.74, 6) is -2.95. The highest BCUT2D eigenvalue weighted by molar-refractivity contribution is 5.77. The molecule has 23 heavy (non-hydrogen) atoms. The van der Waals surface area contributed by atoms with Gasteiger partial charge in [-0.1, -0.05) is 0 Å². The van der Waals surface area contributed by atoms with Crippen molar-refractivity contribution in [2.75, 3.05) is 13.2 Å². The van der Waals surface area contributed by atoms with Crippen molar-refractivity contribution < 1.29 is 31.8 Å². The summed E-state index contributed by atoms with van der Waals surface area (Å²) in [6, 6.07) is 0. The van der Waals surface area contributed by atoms with Crippen molar-refractivity contribution in [3.8, 4) is 0 Å². The van der Waals surface area contributed by atoms with E-state index in [9.17, 15) is 22.4 Å². The number of hydrogen-bond donors (Lipinski definition) is 0. The average Bonchev–Trinajstić information content (AvgIpc) is 2.40. The lowest BCUT2D eigenvalue weighted by Gasteiger charge is -2.55. The molecule has 0 heterocycles. The lowest BCUT2D eigenvalue weighted by atomic mass is 9.49. The second kappa shape index (κ2) is 5.60. The molecule has 0 N–H and O–H groups in total. The van der Waals surface area contributed by atoms with Gasteiger partial charge in [0.25, 0.3) is 0 Å². The maximum atomic E-state index is 13.0. The predicted octanol–water partition coefficient (Wildman–Crippen LogP) is 4.01. The van der Waals surface area contributed by atoms with E-state index in [0.29, 0.717) is 17.8 Å². The minimum atomic E-state index is -4.56. The van der Waals surface area contributed by atoms with Crippen LogP contribution in [0.15, 0.2) is 0 Å². The Kier molecular flexibility index (Phi) is 4.14. The molecule has 0 aromatic heterocycles. The zero-order valence-electron chi connectivity index (χ0n) is 13.1. The van der Waals surface area contributed by atoms with Crippen molar-refractivity contribution >= 4 is 5.97 Å². The summed E-state index contributed by atoms with van der Waals surface area (Å²) in [5.41, 5.74) is -0.480. The summed E-state index contributed by atoms with van der Waals surface area (Å²) >= 11 is 0. The van der Waals surface area contributed by atoms with Gasteiger partial charge in [-0.15, -0.1) is 0 Å². The number of carbonyl (C=O) groups excluding carboxylic acids is 1. The van der Waals surface area contributed by atoms with E-state index in [1.807, 2.05) is 0 Å². The van der Waals surface area contributed by atoms with Crippen LogP contribution in [-0.4, -0.2) is 31.2 Å². The van der Waals surface area contributed by atoms with Crippen LogP contribution < -0.4 is 0 Å². The second-order valence-electron chi connectivity index (χ2n) is 7.59. The van der Waals surface area contributed by atoms with Crippen LogP contribution in [-0.2, 0) is 14.3 Å². The number of rotatable bonds is 6. The molecule has 7 heteroatoms. The van der Waals surface area contributed by atoms with Crippen LogP contribution in [0.5, 0.6) is 0 Å². The van der Waals surface area contributed by atoms with Crippen LogP contribution in [0.25, 0.3) is 0 Å². The molecular weight excluding hydrogens is 316 g/mol. The first-order valence-corrected chi connectivity index (χ1v) is 8.18. The highest BCUT2D eigenvalue weighted by atomic mass is 19.3. The fraction of sp³-hybridized carbons (Fsp3) is 0.938. The van der Waals surface area contributed by atoms with Gasteiger partial charge in [0.15, 0.2) is 0 Å². The molecule has 4 aliphatic rings. The van der Waals surface area contributed by atoms with E-state index in [2.05, 4.69) is 4.74 Å². The van der Waals surface area contributed by atoms with Crippen molar-refractivity contribution in [1.29, 1.82) is 0 Å². The highest BCUT2D eigenvalue weighted by Gasteiger charge is 2.56. The van der Waals surface area contributed by atoms with Crippen molar-refractivity contribution in [3.63, 3.8) is 0 Å². The summed E-state index contributed by atoms with van der Waals surface area (Å²) in [4.78, 5) is 12.4. The van der Waals surface area contributed by atoms with Gasteiger partial charge in [-0.25, -0.2) is 0 Å². The van der Waals surface area contributed by atoms with Crippen molar-refractivity contribution in [2.45, 2.75) is 57.5 Å². The van der Waals surface area contributed by atoms with Crippen molar-refractivity contribution in [2.24, 2.45) is 23.2 Å². The molecule has 0 spiro atoms. The molecule has 4 aliphatic carbocycles. The third-order valence-electron chi connectivity index (χ3n) is 5.58. The first-order valence-electron chi connectivity index (χ1n) is 8.18. The summed E-state index contributed by atoms with van der Waals surface area (Å²) in [7, 11) is 0. The number of halogens is 4. The molecule has 0 unspecified atom stereocenters. The third kappa shape index (κ3) is 3.21. The fourth-order valence-corrected chi connectivity index (χ4v) is 4.94. The maximum absolute atomic E-state index is 13.0. The number of carbonyl (C=O) groups is 1. The van der Waals surface area contributed by atoms with Crippen LogP contribution in [0.4, 0.5) is 17.6 Å². The van der Waals surface area contributed by atoms with E-state index in [1.54, 1.807) is 0 Å². The molecule has 0 radical (unpaired) electrons. The lowest BCUT2D eigenvalue weighted by molar-refractivity contribution is -0.342. The SMILES string of the molecule is CC(F)(F)C(F)(F)OCCOC(=O)C12CC3CC(CC(C3)C1)C2. The van der Waals surface area contributed by atoms with Gasteiger partial charge in [0, 0.05) is 6.92 Å². The van der Waals surface area contributed by atoms with Crippen LogP contribution in [0.2, 0.25) is 0 Å². The Hall–Kier alpha value is -0.850. The zero-order valence-corrected chi connectivity index (χ0v) is 13.1. The first-order chi connectivity index (χ1) is 10.6. The van der Waals surface area contributed by atoms with Gasteiger partial charge in [-0.05, 0) is 56.3 Å². The first kappa shape index (κ1) is 17.0. The van der Waals surface area contributed by atoms with Gasteiger partial charge < -0.3 is 9.47 Å². The lowest BCUT2D eigenvalue weighted by Crippen LogP contribution is -2.50. The van der Waals surface area contributed by atoms with Gasteiger partial charge in [-0.2, -0.15) is 17.6 Å². The molecule has 4 fully saturated rings. The average molecular weight is 338 g/mol. The van der Waals surface area contributed by atoms with Gasteiger partial charge in [0.1, 0.15) is 6.61 Å². The minimum absolute atomic E-state index is 0.0917. The molecule has 0 aromatic carbocycles. The number of hydrogen-bond acceptors (Lipinski definition) is 3. The minimum Gasteiger partial charge on any atom is -0.463 e. The zero-order chi connectivity index (χ0) is 16.9. The molecule has 0 saturated heterocycles. The Morgan fingerprint density at radius 2 is 1.48 bits per heavy atom. The van der Waals surface area contributed by atoms with Crippen molar-refractivity contribution in [3.05, 3.63) is 0 Å². The molecular formula is C16H22F4O3. The van der Waals surface area contributed by atoms with E-state index >= 15 is 0 Å². The monoisotopic (exact) mass is 338 g/mol. The quantitative estimate of drug-likeness (QED) is 0.417. The fourth-order valence-electron chi connectivity index (χ4n) is 4.94. The smallest absolute Gasteiger partial charge is 0.419 e. The van der Waals surface area contributed by atoms with Crippen LogP contribution in [0.3, 0.4) is 0 Å². The number of alkyl halides is 4. The Balaban J connectivity index is 1.49. The van der Waals surface area contributed by atoms with Gasteiger partial charge in [0.2, 0.25) is 0 Å². The van der Waals surface area contributed by atoms with Crippen LogP contribution >= 0.6 is 0 Å². The number of ether oxygens (including phenoxy) is 2. The maximum Gasteiger partial charge on any atom is 0.419 e. The van der Waals surface area contributed by atoms with Gasteiger partial charge in [0.05, 0.1) is 12.0 Å². The summed E-state index contributed by atoms with van der Waals surface area (Å²) < 4.78 is 60.1. The standard InChI is InChI=1S/C16H22F4O3/c1-14(17,18)16(19,20)23-3-2-22-13(21)15-7-10-4-11(8-15)6-12(5-10)9-15/h10-12H,2-9H2,1H3. The molecule has 4 bridgehead atoms. The normalized spacial score (nSPS) is 36.3. The molecule has 0 atom stereocenters. The van der Waals surface area contributed by atoms with E-state index in [-0.39, 0.29) is 12.9 Å². The Labute approximate surface area is 132 Å². The topological polar surface area (TPSA) is 35.5 Å². The van der Waals surface area contributed by atoms with Crippen molar-refractivity contribution in [1.82, 2.24) is 0 Å². The van der Waals surface area contributed by atoms with E-state index in [4.69, 9.17) is 4.74 Å². The predicted molar refractivity (Wildman–Crippen MR) is 73.1 cm³/mol. The highest BCUT2D eigenvalue weighted by Crippen LogP contribution is 2.60. The third-order valence-corrected chi connectivity index (χ3v) is 5.58. The molecule has 3 nitrogen and oxygen atoms in total. The molecule has 0 aromatic rings. The molecule has 0 amide bonds. The van der Waals surface area contributed by atoms with Gasteiger partial charge >= 0.3 is 18.0 Å². The Bertz CT molecular complexity index is 437. The summed E-state index contributed by atoms with van der Waals surface area (Å²) in [5, 5.41) is 0. The van der Waals surface area contributed by atoms with Gasteiger partial charge in [-0.3, -0.25) is 4.79 Å². The summed E-state index contributed by atoms with van der Waals surface area (Å²) in [6.07, 6.45) is 1.39. The van der Waals surface area contributed by atoms with Crippen LogP contribution in [0.1, 0.15) is 45.4 Å². The Morgan fingerprint density at radius 3 is 1.91 bits per heavy atom. The van der Waals surface area contributed by atoms with E-state index in [1.165, 1.54) is 19.3 Å². The molecule has 4 rings (SSSR count). The molecule has 0 aliphatic heterocycles. The van der Waals surface area contributed by atoms with E-state index < -0.39 is 30.7 Å². The second-order valence-corrected chi connectivity index (χ2v) is 7.59. The number of esters is 1.